The predicted molar refractivity (Wildman–Crippen MR) is 31.7 cm³/mol. The van der Waals surface area contributed by atoms with Crippen LogP contribution in [0.2, 0.25) is 0 Å². The SMILES string of the molecule is CC/C=C/CC(=O)O. The number of carboxylic acids is 1. The molecule has 0 aliphatic carbocycles. The number of hydrogen-bond acceptors (Lipinski definition) is 1. The van der Waals surface area contributed by atoms with E-state index in [-0.39, 0.29) is 6.42 Å². The Labute approximate surface area is 48.8 Å². The van der Waals surface area contributed by atoms with Crippen LogP contribution in [-0.2, 0) is 4.79 Å². The molecule has 2 heteroatoms. The van der Waals surface area contributed by atoms with Crippen molar-refractivity contribution < 1.29 is 9.90 Å². The maximum Gasteiger partial charge on any atom is 0.307 e. The van der Waals surface area contributed by atoms with Gasteiger partial charge in [0.05, 0.1) is 6.42 Å². The Bertz CT molecular complexity index is 94.7. The molecule has 0 aromatic rings. The van der Waals surface area contributed by atoms with Crippen LogP contribution in [0.15, 0.2) is 12.2 Å². The second-order valence-electron chi connectivity index (χ2n) is 1.48. The van der Waals surface area contributed by atoms with E-state index >= 15 is 0 Å². The van der Waals surface area contributed by atoms with E-state index in [1.54, 1.807) is 6.08 Å². The van der Waals surface area contributed by atoms with Gasteiger partial charge < -0.3 is 5.11 Å². The topological polar surface area (TPSA) is 37.3 Å². The predicted octanol–water partition coefficient (Wildman–Crippen LogP) is 1.43. The number of carboxylic acid groups (broad SMARTS) is 1. The highest BCUT2D eigenvalue weighted by Crippen LogP contribution is 1.84. The van der Waals surface area contributed by atoms with Gasteiger partial charge in [-0.2, -0.15) is 0 Å². The molecule has 0 bridgehead atoms. The van der Waals surface area contributed by atoms with E-state index in [1.807, 2.05) is 13.0 Å². The first kappa shape index (κ1) is 7.21. The molecule has 8 heavy (non-hydrogen) atoms. The van der Waals surface area contributed by atoms with Crippen molar-refractivity contribution in [2.75, 3.05) is 0 Å². The number of allylic oxidation sites excluding steroid dienone is 1. The molecule has 0 saturated carbocycles. The van der Waals surface area contributed by atoms with Crippen LogP contribution >= 0.6 is 0 Å². The smallest absolute Gasteiger partial charge is 0.307 e. The van der Waals surface area contributed by atoms with Crippen molar-refractivity contribution in [3.8, 4) is 0 Å². The second kappa shape index (κ2) is 4.37. The van der Waals surface area contributed by atoms with Gasteiger partial charge >= 0.3 is 5.97 Å². The van der Waals surface area contributed by atoms with Crippen molar-refractivity contribution in [1.82, 2.24) is 0 Å². The van der Waals surface area contributed by atoms with Crippen LogP contribution in [0, 0.1) is 0 Å². The quantitative estimate of drug-likeness (QED) is 0.563. The van der Waals surface area contributed by atoms with E-state index in [4.69, 9.17) is 5.11 Å². The normalized spacial score (nSPS) is 10.1. The average Bonchev–Trinajstić information content (AvgIpc) is 1.66. The molecule has 0 aliphatic rings. The van der Waals surface area contributed by atoms with Crippen LogP contribution in [0.3, 0.4) is 0 Å². The second-order valence-corrected chi connectivity index (χ2v) is 1.48. The Hall–Kier alpha value is -0.790. The molecular formula is C6H10O2. The Kier molecular flexibility index (Phi) is 3.94. The van der Waals surface area contributed by atoms with Crippen LogP contribution in [-0.4, -0.2) is 11.1 Å². The van der Waals surface area contributed by atoms with Crippen molar-refractivity contribution in [3.05, 3.63) is 12.2 Å². The lowest BCUT2D eigenvalue weighted by molar-refractivity contribution is -0.136. The summed E-state index contributed by atoms with van der Waals surface area (Å²) in [7, 11) is 0. The highest BCUT2D eigenvalue weighted by Gasteiger charge is 1.86. The summed E-state index contributed by atoms with van der Waals surface area (Å²) in [5, 5.41) is 8.09. The number of rotatable bonds is 3. The molecule has 0 amide bonds. The van der Waals surface area contributed by atoms with Gasteiger partial charge in [-0.25, -0.2) is 0 Å². The molecule has 0 aromatic heterocycles. The van der Waals surface area contributed by atoms with E-state index in [2.05, 4.69) is 0 Å². The maximum absolute atomic E-state index is 9.82. The molecule has 0 radical (unpaired) electrons. The lowest BCUT2D eigenvalue weighted by atomic mass is 10.3. The van der Waals surface area contributed by atoms with Gasteiger partial charge in [0.25, 0.3) is 0 Å². The van der Waals surface area contributed by atoms with Gasteiger partial charge in [0.2, 0.25) is 0 Å². The van der Waals surface area contributed by atoms with E-state index in [1.165, 1.54) is 0 Å². The van der Waals surface area contributed by atoms with Crippen LogP contribution in [0.25, 0.3) is 0 Å². The van der Waals surface area contributed by atoms with Crippen molar-refractivity contribution in [1.29, 1.82) is 0 Å². The van der Waals surface area contributed by atoms with E-state index < -0.39 is 5.97 Å². The fourth-order valence-electron chi connectivity index (χ4n) is 0.351. The molecule has 46 valence electrons. The molecule has 0 aromatic carbocycles. The monoisotopic (exact) mass is 114 g/mol. The summed E-state index contributed by atoms with van der Waals surface area (Å²) in [6, 6.07) is 0. The fraction of sp³-hybridized carbons (Fsp3) is 0.500. The molecule has 0 heterocycles. The van der Waals surface area contributed by atoms with Gasteiger partial charge in [-0.05, 0) is 6.42 Å². The van der Waals surface area contributed by atoms with E-state index in [0.717, 1.165) is 6.42 Å². The zero-order chi connectivity index (χ0) is 6.41. The van der Waals surface area contributed by atoms with Crippen LogP contribution < -0.4 is 0 Å². The third-order valence-electron chi connectivity index (χ3n) is 0.695. The summed E-state index contributed by atoms with van der Waals surface area (Å²) < 4.78 is 0. The summed E-state index contributed by atoms with van der Waals surface area (Å²) in [5.41, 5.74) is 0. The van der Waals surface area contributed by atoms with Crippen LogP contribution in [0.5, 0.6) is 0 Å². The first-order chi connectivity index (χ1) is 3.77. The van der Waals surface area contributed by atoms with Crippen LogP contribution in [0.1, 0.15) is 19.8 Å². The van der Waals surface area contributed by atoms with Crippen molar-refractivity contribution in [2.45, 2.75) is 19.8 Å². The van der Waals surface area contributed by atoms with Crippen molar-refractivity contribution in [3.63, 3.8) is 0 Å². The zero-order valence-electron chi connectivity index (χ0n) is 4.92. The standard InChI is InChI=1S/C6H10O2/c1-2-3-4-5-6(7)8/h3-4H,2,5H2,1H3,(H,7,8)/b4-3+. The zero-order valence-corrected chi connectivity index (χ0v) is 4.92. The highest BCUT2D eigenvalue weighted by atomic mass is 16.4. The Morgan fingerprint density at radius 2 is 2.25 bits per heavy atom. The minimum Gasteiger partial charge on any atom is -0.481 e. The number of hydrogen-bond donors (Lipinski definition) is 1. The first-order valence-electron chi connectivity index (χ1n) is 2.64. The van der Waals surface area contributed by atoms with Gasteiger partial charge in [0.1, 0.15) is 0 Å². The van der Waals surface area contributed by atoms with Gasteiger partial charge in [0, 0.05) is 0 Å². The molecule has 0 saturated heterocycles. The van der Waals surface area contributed by atoms with Gasteiger partial charge in [-0.15, -0.1) is 0 Å². The molecular weight excluding hydrogens is 104 g/mol. The highest BCUT2D eigenvalue weighted by molar-refractivity contribution is 5.68. The summed E-state index contributed by atoms with van der Waals surface area (Å²) >= 11 is 0. The minimum atomic E-state index is -0.769. The Morgan fingerprint density at radius 1 is 1.62 bits per heavy atom. The number of carbonyl (C=O) groups is 1. The molecule has 1 N–H and O–H groups in total. The lowest BCUT2D eigenvalue weighted by Crippen LogP contribution is -1.89. The molecule has 0 spiro atoms. The largest absolute Gasteiger partial charge is 0.481 e. The fourth-order valence-corrected chi connectivity index (χ4v) is 0.351. The molecule has 0 atom stereocenters. The summed E-state index contributed by atoms with van der Waals surface area (Å²) in [6.07, 6.45) is 4.55. The summed E-state index contributed by atoms with van der Waals surface area (Å²) in [5.74, 6) is -0.769. The molecule has 2 nitrogen and oxygen atoms in total. The van der Waals surface area contributed by atoms with E-state index in [9.17, 15) is 4.79 Å². The third-order valence-corrected chi connectivity index (χ3v) is 0.695. The first-order valence-corrected chi connectivity index (χ1v) is 2.64. The number of aliphatic carboxylic acids is 1. The van der Waals surface area contributed by atoms with Crippen molar-refractivity contribution in [2.24, 2.45) is 0 Å². The van der Waals surface area contributed by atoms with Gasteiger partial charge in [0.15, 0.2) is 0 Å². The van der Waals surface area contributed by atoms with Crippen LogP contribution in [0.4, 0.5) is 0 Å². The summed E-state index contributed by atoms with van der Waals surface area (Å²) in [6.45, 7) is 1.97. The molecule has 0 unspecified atom stereocenters. The minimum absolute atomic E-state index is 0.147. The summed E-state index contributed by atoms with van der Waals surface area (Å²) in [4.78, 5) is 9.82. The third kappa shape index (κ3) is 5.21. The maximum atomic E-state index is 9.82. The van der Waals surface area contributed by atoms with Gasteiger partial charge in [-0.3, -0.25) is 4.79 Å². The average molecular weight is 114 g/mol. The molecule has 0 fully saturated rings. The molecule has 0 aliphatic heterocycles. The van der Waals surface area contributed by atoms with Crippen molar-refractivity contribution >= 4 is 5.97 Å². The Balaban J connectivity index is 3.16. The molecule has 0 rings (SSSR count). The van der Waals surface area contributed by atoms with Gasteiger partial charge in [-0.1, -0.05) is 19.1 Å². The van der Waals surface area contributed by atoms with E-state index in [0.29, 0.717) is 0 Å². The Morgan fingerprint density at radius 3 is 2.62 bits per heavy atom. The lowest BCUT2D eigenvalue weighted by Gasteiger charge is -1.80.